The Labute approximate surface area is 162 Å². The van der Waals surface area contributed by atoms with Crippen LogP contribution in [-0.4, -0.2) is 26.3 Å². The molecular weight excluding hydrogens is 366 g/mol. The molecule has 0 saturated carbocycles. The predicted molar refractivity (Wildman–Crippen MR) is 107 cm³/mol. The number of rotatable bonds is 6. The molecule has 0 fully saturated rings. The van der Waals surface area contributed by atoms with Crippen molar-refractivity contribution in [1.82, 2.24) is 14.8 Å². The Kier molecular flexibility index (Phi) is 5.79. The molecule has 0 radical (unpaired) electrons. The summed E-state index contributed by atoms with van der Waals surface area (Å²) in [6.45, 7) is 6.83. The first-order valence-corrected chi connectivity index (χ1v) is 9.78. The van der Waals surface area contributed by atoms with Gasteiger partial charge in [0, 0.05) is 22.7 Å². The summed E-state index contributed by atoms with van der Waals surface area (Å²) in [5.74, 6) is 1.21. The molecule has 26 heavy (non-hydrogen) atoms. The van der Waals surface area contributed by atoms with Gasteiger partial charge in [0.15, 0.2) is 16.8 Å². The van der Waals surface area contributed by atoms with Crippen LogP contribution in [0.25, 0.3) is 11.4 Å². The molecular formula is C20H20ClN3OS. The number of hydrogen-bond acceptors (Lipinski definition) is 4. The molecule has 3 rings (SSSR count). The van der Waals surface area contributed by atoms with E-state index in [-0.39, 0.29) is 5.78 Å². The highest BCUT2D eigenvalue weighted by Crippen LogP contribution is 2.25. The Balaban J connectivity index is 1.77. The van der Waals surface area contributed by atoms with Crippen molar-refractivity contribution >= 4 is 29.1 Å². The third-order valence-electron chi connectivity index (χ3n) is 4.30. The zero-order valence-corrected chi connectivity index (χ0v) is 16.6. The zero-order chi connectivity index (χ0) is 18.7. The maximum absolute atomic E-state index is 12.5. The smallest absolute Gasteiger partial charge is 0.191 e. The van der Waals surface area contributed by atoms with Gasteiger partial charge in [-0.25, -0.2) is 0 Å². The standard InChI is InChI=1S/C20H20ClN3OS/c1-4-24-19(15-7-9-17(21)10-8-15)22-23-20(24)26-12-18(25)16-6-5-13(2)14(3)11-16/h5-11H,4,12H2,1-3H3. The Hall–Kier alpha value is -2.11. The minimum atomic E-state index is 0.0943. The number of aromatic nitrogens is 3. The van der Waals surface area contributed by atoms with Gasteiger partial charge < -0.3 is 4.57 Å². The number of thioether (sulfide) groups is 1. The van der Waals surface area contributed by atoms with Gasteiger partial charge >= 0.3 is 0 Å². The summed E-state index contributed by atoms with van der Waals surface area (Å²) in [7, 11) is 0. The van der Waals surface area contributed by atoms with Crippen molar-refractivity contribution in [1.29, 1.82) is 0 Å². The van der Waals surface area contributed by atoms with E-state index in [9.17, 15) is 4.79 Å². The highest BCUT2D eigenvalue weighted by atomic mass is 35.5. The van der Waals surface area contributed by atoms with Crippen molar-refractivity contribution in [2.45, 2.75) is 32.5 Å². The van der Waals surface area contributed by atoms with Crippen molar-refractivity contribution in [3.8, 4) is 11.4 Å². The molecule has 0 aliphatic rings. The van der Waals surface area contributed by atoms with E-state index >= 15 is 0 Å². The minimum absolute atomic E-state index is 0.0943. The predicted octanol–water partition coefficient (Wildman–Crippen LogP) is 5.21. The summed E-state index contributed by atoms with van der Waals surface area (Å²) in [6, 6.07) is 13.3. The lowest BCUT2D eigenvalue weighted by Crippen LogP contribution is -2.05. The van der Waals surface area contributed by atoms with Crippen LogP contribution in [0, 0.1) is 13.8 Å². The van der Waals surface area contributed by atoms with Crippen LogP contribution in [0.3, 0.4) is 0 Å². The van der Waals surface area contributed by atoms with Crippen molar-refractivity contribution in [3.05, 3.63) is 64.2 Å². The molecule has 4 nitrogen and oxygen atoms in total. The summed E-state index contributed by atoms with van der Waals surface area (Å²) >= 11 is 7.37. The molecule has 0 amide bonds. The molecule has 0 atom stereocenters. The minimum Gasteiger partial charge on any atom is -0.302 e. The Bertz CT molecular complexity index is 935. The summed E-state index contributed by atoms with van der Waals surface area (Å²) in [5.41, 5.74) is 4.01. The van der Waals surface area contributed by atoms with E-state index in [2.05, 4.69) is 10.2 Å². The highest BCUT2D eigenvalue weighted by Gasteiger charge is 2.15. The number of ketones is 1. The van der Waals surface area contributed by atoms with Gasteiger partial charge in [0.2, 0.25) is 0 Å². The number of halogens is 1. The lowest BCUT2D eigenvalue weighted by atomic mass is 10.0. The van der Waals surface area contributed by atoms with Gasteiger partial charge in [-0.2, -0.15) is 0 Å². The van der Waals surface area contributed by atoms with Crippen LogP contribution in [-0.2, 0) is 6.54 Å². The molecule has 3 aromatic rings. The van der Waals surface area contributed by atoms with Gasteiger partial charge in [-0.05, 0) is 62.2 Å². The fourth-order valence-electron chi connectivity index (χ4n) is 2.62. The normalized spacial score (nSPS) is 10.9. The van der Waals surface area contributed by atoms with Gasteiger partial charge in [-0.1, -0.05) is 35.5 Å². The van der Waals surface area contributed by atoms with Crippen LogP contribution in [0.2, 0.25) is 5.02 Å². The summed E-state index contributed by atoms with van der Waals surface area (Å²) in [5, 5.41) is 10.0. The molecule has 134 valence electrons. The first kappa shape index (κ1) is 18.7. The van der Waals surface area contributed by atoms with Gasteiger partial charge in [-0.3, -0.25) is 4.79 Å². The van der Waals surface area contributed by atoms with Crippen molar-refractivity contribution in [3.63, 3.8) is 0 Å². The van der Waals surface area contributed by atoms with E-state index in [1.165, 1.54) is 17.3 Å². The van der Waals surface area contributed by atoms with Crippen LogP contribution in [0.4, 0.5) is 0 Å². The maximum Gasteiger partial charge on any atom is 0.191 e. The van der Waals surface area contributed by atoms with Crippen LogP contribution in [0.15, 0.2) is 47.6 Å². The monoisotopic (exact) mass is 385 g/mol. The lowest BCUT2D eigenvalue weighted by molar-refractivity contribution is 0.102. The molecule has 0 N–H and O–H groups in total. The molecule has 2 aromatic carbocycles. The Morgan fingerprint density at radius 3 is 2.46 bits per heavy atom. The SMILES string of the molecule is CCn1c(SCC(=O)c2ccc(C)c(C)c2)nnc1-c1ccc(Cl)cc1. The molecule has 0 unspecified atom stereocenters. The summed E-state index contributed by atoms with van der Waals surface area (Å²) in [6.07, 6.45) is 0. The second-order valence-corrected chi connectivity index (χ2v) is 7.45. The van der Waals surface area contributed by atoms with Crippen LogP contribution in [0.1, 0.15) is 28.4 Å². The van der Waals surface area contributed by atoms with Gasteiger partial charge in [-0.15, -0.1) is 10.2 Å². The molecule has 0 bridgehead atoms. The fourth-order valence-corrected chi connectivity index (χ4v) is 3.64. The van der Waals surface area contributed by atoms with Gasteiger partial charge in [0.05, 0.1) is 5.75 Å². The number of benzene rings is 2. The number of nitrogens with zero attached hydrogens (tertiary/aromatic N) is 3. The topological polar surface area (TPSA) is 47.8 Å². The molecule has 0 saturated heterocycles. The highest BCUT2D eigenvalue weighted by molar-refractivity contribution is 7.99. The average Bonchev–Trinajstić information content (AvgIpc) is 3.05. The molecule has 6 heteroatoms. The number of carbonyl (C=O) groups excluding carboxylic acids is 1. The van der Waals surface area contributed by atoms with Gasteiger partial charge in [0.25, 0.3) is 0 Å². The first-order chi connectivity index (χ1) is 12.5. The fraction of sp³-hybridized carbons (Fsp3) is 0.250. The van der Waals surface area contributed by atoms with E-state index in [0.29, 0.717) is 10.8 Å². The number of hydrogen-bond donors (Lipinski definition) is 0. The van der Waals surface area contributed by atoms with E-state index in [4.69, 9.17) is 11.6 Å². The average molecular weight is 386 g/mol. The number of Topliss-reactive ketones (excluding diaryl/α,β-unsaturated/α-hetero) is 1. The Morgan fingerprint density at radius 2 is 1.81 bits per heavy atom. The maximum atomic E-state index is 12.5. The van der Waals surface area contributed by atoms with Gasteiger partial charge in [0.1, 0.15) is 0 Å². The van der Waals surface area contributed by atoms with E-state index in [0.717, 1.165) is 34.2 Å². The van der Waals surface area contributed by atoms with E-state index in [1.54, 1.807) is 0 Å². The van der Waals surface area contributed by atoms with Crippen LogP contribution >= 0.6 is 23.4 Å². The third kappa shape index (κ3) is 4.00. The quantitative estimate of drug-likeness (QED) is 0.431. The second-order valence-electron chi connectivity index (χ2n) is 6.07. The Morgan fingerprint density at radius 1 is 1.08 bits per heavy atom. The van der Waals surface area contributed by atoms with Crippen LogP contribution < -0.4 is 0 Å². The first-order valence-electron chi connectivity index (χ1n) is 8.42. The molecule has 0 aliphatic heterocycles. The van der Waals surface area contributed by atoms with Crippen LogP contribution in [0.5, 0.6) is 0 Å². The third-order valence-corrected chi connectivity index (χ3v) is 5.52. The van der Waals surface area contributed by atoms with E-state index < -0.39 is 0 Å². The summed E-state index contributed by atoms with van der Waals surface area (Å²) in [4.78, 5) is 12.5. The second kappa shape index (κ2) is 8.06. The van der Waals surface area contributed by atoms with Crippen molar-refractivity contribution < 1.29 is 4.79 Å². The molecule has 0 spiro atoms. The van der Waals surface area contributed by atoms with E-state index in [1.807, 2.05) is 67.8 Å². The molecule has 1 heterocycles. The number of aryl methyl sites for hydroxylation is 2. The zero-order valence-electron chi connectivity index (χ0n) is 15.0. The molecule has 1 aromatic heterocycles. The molecule has 0 aliphatic carbocycles. The largest absolute Gasteiger partial charge is 0.302 e. The van der Waals surface area contributed by atoms with Crippen molar-refractivity contribution in [2.75, 3.05) is 5.75 Å². The lowest BCUT2D eigenvalue weighted by Gasteiger charge is -2.08. The number of carbonyl (C=O) groups is 1. The summed E-state index contributed by atoms with van der Waals surface area (Å²) < 4.78 is 2.02. The van der Waals surface area contributed by atoms with Crippen molar-refractivity contribution in [2.24, 2.45) is 0 Å².